The fourth-order valence-corrected chi connectivity index (χ4v) is 3.94. The van der Waals surface area contributed by atoms with Crippen LogP contribution in [0.2, 0.25) is 0 Å². The summed E-state index contributed by atoms with van der Waals surface area (Å²) in [7, 11) is -3.93. The van der Waals surface area contributed by atoms with E-state index < -0.39 is 21.8 Å². The lowest BCUT2D eigenvalue weighted by Gasteiger charge is -2.06. The van der Waals surface area contributed by atoms with Gasteiger partial charge in [-0.25, -0.2) is 13.2 Å². The minimum atomic E-state index is -3.93. The van der Waals surface area contributed by atoms with Crippen LogP contribution in [0.1, 0.15) is 10.6 Å². The van der Waals surface area contributed by atoms with Crippen molar-refractivity contribution in [3.63, 3.8) is 0 Å². The van der Waals surface area contributed by atoms with Gasteiger partial charge in [-0.15, -0.1) is 0 Å². The minimum Gasteiger partial charge on any atom is -0.475 e. The molecular weight excluding hydrogens is 465 g/mol. The van der Waals surface area contributed by atoms with E-state index in [1.165, 1.54) is 0 Å². The molecule has 0 saturated heterocycles. The largest absolute Gasteiger partial charge is 0.475 e. The minimum absolute atomic E-state index is 0.159. The zero-order valence-corrected chi connectivity index (χ0v) is 14.2. The number of nitrogens with one attached hydrogen (secondary N) is 1. The van der Waals surface area contributed by atoms with Crippen LogP contribution < -0.4 is 4.72 Å². The molecule has 0 fully saturated rings. The molecule has 0 spiro atoms. The highest BCUT2D eigenvalue weighted by molar-refractivity contribution is 14.1. The molecule has 106 valence electrons. The third-order valence-corrected chi connectivity index (χ3v) is 5.14. The lowest BCUT2D eigenvalue weighted by molar-refractivity contribution is 0.0661. The van der Waals surface area contributed by atoms with Gasteiger partial charge in [-0.1, -0.05) is 6.07 Å². The Bertz CT molecular complexity index is 771. The SMILES string of the molecule is O=C(O)c1cc(S(=O)(=O)Nc2cccc(I)c2)c(Br)o1. The van der Waals surface area contributed by atoms with Crippen molar-refractivity contribution in [2.24, 2.45) is 0 Å². The first-order valence-corrected chi connectivity index (χ1v) is 8.46. The van der Waals surface area contributed by atoms with Crippen LogP contribution in [-0.2, 0) is 10.0 Å². The summed E-state index contributed by atoms with van der Waals surface area (Å²) >= 11 is 4.95. The van der Waals surface area contributed by atoms with Crippen molar-refractivity contribution in [3.8, 4) is 0 Å². The highest BCUT2D eigenvalue weighted by atomic mass is 127. The maximum absolute atomic E-state index is 12.2. The second kappa shape index (κ2) is 5.74. The third kappa shape index (κ3) is 3.33. The fraction of sp³-hybridized carbons (Fsp3) is 0. The van der Waals surface area contributed by atoms with Gasteiger partial charge < -0.3 is 9.52 Å². The van der Waals surface area contributed by atoms with Crippen molar-refractivity contribution < 1.29 is 22.7 Å². The van der Waals surface area contributed by atoms with E-state index in [0.717, 1.165) is 9.64 Å². The first-order chi connectivity index (χ1) is 9.29. The van der Waals surface area contributed by atoms with Gasteiger partial charge >= 0.3 is 5.97 Å². The summed E-state index contributed by atoms with van der Waals surface area (Å²) in [6.45, 7) is 0. The molecule has 20 heavy (non-hydrogen) atoms. The van der Waals surface area contributed by atoms with Crippen LogP contribution >= 0.6 is 38.5 Å². The molecule has 1 heterocycles. The van der Waals surface area contributed by atoms with Gasteiger partial charge in [0.05, 0.1) is 0 Å². The number of benzene rings is 1. The Balaban J connectivity index is 2.38. The summed E-state index contributed by atoms with van der Waals surface area (Å²) in [5.74, 6) is -1.80. The summed E-state index contributed by atoms with van der Waals surface area (Å²) in [5, 5.41) is 8.78. The quantitative estimate of drug-likeness (QED) is 0.667. The summed E-state index contributed by atoms with van der Waals surface area (Å²) in [6.07, 6.45) is 0. The van der Waals surface area contributed by atoms with Crippen molar-refractivity contribution in [1.82, 2.24) is 0 Å². The van der Waals surface area contributed by atoms with Gasteiger partial charge in [-0.2, -0.15) is 0 Å². The first kappa shape index (κ1) is 15.3. The topological polar surface area (TPSA) is 96.6 Å². The van der Waals surface area contributed by atoms with Gasteiger partial charge in [0.15, 0.2) is 4.67 Å². The van der Waals surface area contributed by atoms with Gasteiger partial charge in [0.25, 0.3) is 10.0 Å². The Kier molecular flexibility index (Phi) is 4.39. The molecule has 0 aliphatic carbocycles. The van der Waals surface area contributed by atoms with Crippen LogP contribution in [0.25, 0.3) is 0 Å². The number of halogens is 2. The maximum Gasteiger partial charge on any atom is 0.371 e. The van der Waals surface area contributed by atoms with E-state index in [0.29, 0.717) is 5.69 Å². The number of furan rings is 1. The summed E-state index contributed by atoms with van der Waals surface area (Å²) in [5.41, 5.74) is 0.377. The molecule has 0 saturated carbocycles. The number of hydrogen-bond acceptors (Lipinski definition) is 4. The van der Waals surface area contributed by atoms with Crippen LogP contribution in [0.3, 0.4) is 0 Å². The molecule has 0 radical (unpaired) electrons. The van der Waals surface area contributed by atoms with E-state index in [1.54, 1.807) is 18.2 Å². The maximum atomic E-state index is 12.2. The van der Waals surface area contributed by atoms with E-state index in [1.807, 2.05) is 6.07 Å². The second-order valence-corrected chi connectivity index (χ2v) is 7.29. The van der Waals surface area contributed by atoms with Gasteiger partial charge in [0.1, 0.15) is 4.90 Å². The molecule has 2 rings (SSSR count). The molecule has 1 aromatic carbocycles. The Morgan fingerprint density at radius 3 is 2.60 bits per heavy atom. The number of hydrogen-bond donors (Lipinski definition) is 2. The molecule has 0 bridgehead atoms. The van der Waals surface area contributed by atoms with Crippen LogP contribution in [0.4, 0.5) is 5.69 Å². The molecule has 2 N–H and O–H groups in total. The monoisotopic (exact) mass is 471 g/mol. The fourth-order valence-electron chi connectivity index (χ4n) is 1.40. The Hall–Kier alpha value is -1.07. The lowest BCUT2D eigenvalue weighted by atomic mass is 10.3. The third-order valence-electron chi connectivity index (χ3n) is 2.23. The molecule has 0 aliphatic heterocycles. The van der Waals surface area contributed by atoms with Crippen molar-refractivity contribution in [1.29, 1.82) is 0 Å². The van der Waals surface area contributed by atoms with Crippen LogP contribution in [-0.4, -0.2) is 19.5 Å². The Morgan fingerprint density at radius 2 is 2.05 bits per heavy atom. The molecule has 1 aromatic heterocycles. The Labute approximate surface area is 136 Å². The van der Waals surface area contributed by atoms with Crippen molar-refractivity contribution in [2.75, 3.05) is 4.72 Å². The van der Waals surface area contributed by atoms with Crippen molar-refractivity contribution in [2.45, 2.75) is 4.90 Å². The number of carboxylic acids is 1. The molecule has 2 aromatic rings. The molecule has 0 amide bonds. The standard InChI is InChI=1S/C11H7BrINO5S/c12-10-9(5-8(19-10)11(15)16)20(17,18)14-7-3-1-2-6(13)4-7/h1-5,14H,(H,15,16). The van der Waals surface area contributed by atoms with Crippen LogP contribution in [0.5, 0.6) is 0 Å². The molecule has 9 heteroatoms. The summed E-state index contributed by atoms with van der Waals surface area (Å²) in [4.78, 5) is 10.5. The number of anilines is 1. The van der Waals surface area contributed by atoms with Gasteiger partial charge in [-0.05, 0) is 56.7 Å². The van der Waals surface area contributed by atoms with Crippen LogP contribution in [0, 0.1) is 3.57 Å². The predicted molar refractivity (Wildman–Crippen MR) is 83.3 cm³/mol. The molecular formula is C11H7BrINO5S. The van der Waals surface area contributed by atoms with E-state index in [-0.39, 0.29) is 9.56 Å². The summed E-state index contributed by atoms with van der Waals surface area (Å²) in [6, 6.07) is 7.69. The van der Waals surface area contributed by atoms with Crippen molar-refractivity contribution in [3.05, 3.63) is 44.3 Å². The normalized spacial score (nSPS) is 11.3. The molecule has 0 atom stereocenters. The van der Waals surface area contributed by atoms with E-state index in [9.17, 15) is 13.2 Å². The molecule has 0 aliphatic rings. The lowest BCUT2D eigenvalue weighted by Crippen LogP contribution is -2.12. The zero-order valence-electron chi connectivity index (χ0n) is 9.63. The number of sulfonamides is 1. The highest BCUT2D eigenvalue weighted by Crippen LogP contribution is 2.28. The predicted octanol–water partition coefficient (Wildman–Crippen LogP) is 3.15. The first-order valence-electron chi connectivity index (χ1n) is 5.10. The molecule has 0 unspecified atom stereocenters. The number of carboxylic acid groups (broad SMARTS) is 1. The number of rotatable bonds is 4. The average molecular weight is 472 g/mol. The van der Waals surface area contributed by atoms with Gasteiger partial charge in [0, 0.05) is 15.3 Å². The highest BCUT2D eigenvalue weighted by Gasteiger charge is 2.25. The zero-order chi connectivity index (χ0) is 14.9. The average Bonchev–Trinajstić information content (AvgIpc) is 2.71. The Morgan fingerprint density at radius 1 is 1.35 bits per heavy atom. The van der Waals surface area contributed by atoms with E-state index in [2.05, 4.69) is 43.2 Å². The number of carbonyl (C=O) groups is 1. The van der Waals surface area contributed by atoms with Crippen LogP contribution in [0.15, 0.2) is 44.3 Å². The molecule has 6 nitrogen and oxygen atoms in total. The van der Waals surface area contributed by atoms with Gasteiger partial charge in [-0.3, -0.25) is 4.72 Å². The van der Waals surface area contributed by atoms with Gasteiger partial charge in [0.2, 0.25) is 5.76 Å². The van der Waals surface area contributed by atoms with Crippen molar-refractivity contribution >= 4 is 60.2 Å². The second-order valence-electron chi connectivity index (χ2n) is 3.67. The summed E-state index contributed by atoms with van der Waals surface area (Å²) < 4.78 is 32.2. The van der Waals surface area contributed by atoms with E-state index in [4.69, 9.17) is 9.52 Å². The number of aromatic carboxylic acids is 1. The smallest absolute Gasteiger partial charge is 0.371 e. The van der Waals surface area contributed by atoms with E-state index >= 15 is 0 Å².